The first-order valence-corrected chi connectivity index (χ1v) is 10.1. The van der Waals surface area contributed by atoms with Gasteiger partial charge in [-0.15, -0.1) is 0 Å². The van der Waals surface area contributed by atoms with Crippen LogP contribution in [-0.2, 0) is 16.8 Å². The molecule has 0 aromatic heterocycles. The zero-order valence-corrected chi connectivity index (χ0v) is 17.8. The lowest BCUT2D eigenvalue weighted by atomic mass is 9.83. The van der Waals surface area contributed by atoms with Crippen molar-refractivity contribution in [2.45, 2.75) is 38.6 Å². The number of rotatable bonds is 5. The van der Waals surface area contributed by atoms with Crippen LogP contribution in [0.5, 0.6) is 0 Å². The van der Waals surface area contributed by atoms with E-state index in [1.54, 1.807) is 0 Å². The van der Waals surface area contributed by atoms with E-state index in [-0.39, 0.29) is 23.2 Å². The Labute approximate surface area is 169 Å². The zero-order chi connectivity index (χ0) is 20.3. The summed E-state index contributed by atoms with van der Waals surface area (Å²) in [5, 5.41) is 6.53. The second-order valence-corrected chi connectivity index (χ2v) is 9.02. The van der Waals surface area contributed by atoms with Gasteiger partial charge >= 0.3 is 0 Å². The fraction of sp³-hybridized carbons (Fsp3) is 0.458. The second-order valence-electron chi connectivity index (χ2n) is 9.02. The van der Waals surface area contributed by atoms with Crippen molar-refractivity contribution >= 4 is 11.6 Å². The van der Waals surface area contributed by atoms with Crippen molar-refractivity contribution in [3.8, 4) is 0 Å². The van der Waals surface area contributed by atoms with E-state index in [0.29, 0.717) is 6.54 Å². The number of amides is 1. The lowest BCUT2D eigenvalue weighted by Gasteiger charge is -2.22. The molecular weight excluding hydrogens is 346 g/mol. The predicted octanol–water partition coefficient (Wildman–Crippen LogP) is 3.67. The van der Waals surface area contributed by atoms with Crippen molar-refractivity contribution in [3.63, 3.8) is 0 Å². The quantitative estimate of drug-likeness (QED) is 0.833. The van der Waals surface area contributed by atoms with Crippen LogP contribution < -0.4 is 15.5 Å². The van der Waals surface area contributed by atoms with Gasteiger partial charge < -0.3 is 15.5 Å². The minimum atomic E-state index is -0.0264. The maximum absolute atomic E-state index is 12.8. The molecule has 0 unspecified atom stereocenters. The van der Waals surface area contributed by atoms with Crippen molar-refractivity contribution in [2.24, 2.45) is 5.92 Å². The summed E-state index contributed by atoms with van der Waals surface area (Å²) in [6.45, 7) is 8.82. The Morgan fingerprint density at radius 3 is 2.25 bits per heavy atom. The number of anilines is 1. The molecule has 150 valence electrons. The van der Waals surface area contributed by atoms with Crippen LogP contribution in [0.15, 0.2) is 48.5 Å². The molecule has 1 fully saturated rings. The first-order valence-electron chi connectivity index (χ1n) is 10.1. The molecule has 0 bridgehead atoms. The molecule has 1 aliphatic rings. The molecule has 28 heavy (non-hydrogen) atoms. The average molecular weight is 380 g/mol. The highest BCUT2D eigenvalue weighted by Crippen LogP contribution is 2.30. The number of hydrogen-bond acceptors (Lipinski definition) is 3. The lowest BCUT2D eigenvalue weighted by molar-refractivity contribution is -0.125. The summed E-state index contributed by atoms with van der Waals surface area (Å²) in [5.41, 5.74) is 4.99. The highest BCUT2D eigenvalue weighted by atomic mass is 16.1. The summed E-state index contributed by atoms with van der Waals surface area (Å²) in [6.07, 6.45) is 0. The summed E-state index contributed by atoms with van der Waals surface area (Å²) in [7, 11) is 4.05. The fourth-order valence-corrected chi connectivity index (χ4v) is 3.77. The number of nitrogens with one attached hydrogen (secondary N) is 2. The van der Waals surface area contributed by atoms with Crippen LogP contribution in [0.1, 0.15) is 43.4 Å². The Morgan fingerprint density at radius 2 is 1.68 bits per heavy atom. The Hall–Kier alpha value is -2.33. The summed E-state index contributed by atoms with van der Waals surface area (Å²) < 4.78 is 0. The highest BCUT2D eigenvalue weighted by Gasteiger charge is 2.33. The Kier molecular flexibility index (Phi) is 6.09. The Balaban J connectivity index is 1.62. The summed E-state index contributed by atoms with van der Waals surface area (Å²) in [6, 6.07) is 17.1. The Morgan fingerprint density at radius 1 is 1.04 bits per heavy atom. The van der Waals surface area contributed by atoms with E-state index in [9.17, 15) is 4.79 Å². The number of carbonyl (C=O) groups is 1. The predicted molar refractivity (Wildman–Crippen MR) is 117 cm³/mol. The number of benzene rings is 2. The fourth-order valence-electron chi connectivity index (χ4n) is 3.77. The van der Waals surface area contributed by atoms with Gasteiger partial charge in [-0.3, -0.25) is 4.79 Å². The highest BCUT2D eigenvalue weighted by molar-refractivity contribution is 5.80. The van der Waals surface area contributed by atoms with Crippen molar-refractivity contribution in [2.75, 3.05) is 32.1 Å². The van der Waals surface area contributed by atoms with Gasteiger partial charge in [0.15, 0.2) is 0 Å². The first-order chi connectivity index (χ1) is 13.3. The molecule has 0 saturated carbocycles. The molecule has 3 rings (SSSR count). The third-order valence-corrected chi connectivity index (χ3v) is 5.68. The van der Waals surface area contributed by atoms with Crippen LogP contribution in [0.25, 0.3) is 0 Å². The number of nitrogens with zero attached hydrogens (tertiary/aromatic N) is 1. The van der Waals surface area contributed by atoms with Gasteiger partial charge in [-0.25, -0.2) is 0 Å². The van der Waals surface area contributed by atoms with E-state index in [2.05, 4.69) is 84.8 Å². The van der Waals surface area contributed by atoms with Gasteiger partial charge in [0.25, 0.3) is 0 Å². The Bertz CT molecular complexity index is 788. The van der Waals surface area contributed by atoms with Gasteiger partial charge in [-0.05, 0) is 34.2 Å². The molecule has 4 heteroatoms. The molecule has 0 spiro atoms. The summed E-state index contributed by atoms with van der Waals surface area (Å²) >= 11 is 0. The van der Waals surface area contributed by atoms with Crippen LogP contribution in [0, 0.1) is 5.92 Å². The normalized spacial score (nSPS) is 19.5. The maximum atomic E-state index is 12.8. The standard InChI is InChI=1S/C24H33N3O/c1-24(2,3)19-10-8-18(9-11-19)21-15-25-16-22(21)23(28)26-14-17-6-12-20(13-7-17)27(4)5/h6-13,21-22,25H,14-16H2,1-5H3,(H,26,28)/t21-,22+/m0/s1. The first kappa shape index (κ1) is 20.4. The molecule has 1 amide bonds. The van der Waals surface area contributed by atoms with Crippen molar-refractivity contribution in [3.05, 3.63) is 65.2 Å². The van der Waals surface area contributed by atoms with E-state index < -0.39 is 0 Å². The lowest BCUT2D eigenvalue weighted by Crippen LogP contribution is -2.34. The molecule has 1 aliphatic heterocycles. The average Bonchev–Trinajstić information content (AvgIpc) is 3.16. The molecule has 2 N–H and O–H groups in total. The van der Waals surface area contributed by atoms with Crippen molar-refractivity contribution in [1.82, 2.24) is 10.6 Å². The molecule has 2 aromatic carbocycles. The summed E-state index contributed by atoms with van der Waals surface area (Å²) in [5.74, 6) is 0.332. The van der Waals surface area contributed by atoms with E-state index in [0.717, 1.165) is 24.3 Å². The van der Waals surface area contributed by atoms with Crippen molar-refractivity contribution in [1.29, 1.82) is 0 Å². The van der Waals surface area contributed by atoms with Gasteiger partial charge in [0, 0.05) is 45.3 Å². The van der Waals surface area contributed by atoms with E-state index in [1.807, 2.05) is 14.1 Å². The molecule has 4 nitrogen and oxygen atoms in total. The van der Waals surface area contributed by atoms with E-state index in [1.165, 1.54) is 11.1 Å². The second kappa shape index (κ2) is 8.36. The van der Waals surface area contributed by atoms with E-state index in [4.69, 9.17) is 0 Å². The molecule has 2 atom stereocenters. The van der Waals surface area contributed by atoms with Crippen LogP contribution in [0.2, 0.25) is 0 Å². The van der Waals surface area contributed by atoms with E-state index >= 15 is 0 Å². The molecule has 1 saturated heterocycles. The third-order valence-electron chi connectivity index (χ3n) is 5.68. The molecular formula is C24H33N3O. The number of hydrogen-bond donors (Lipinski definition) is 2. The van der Waals surface area contributed by atoms with Crippen LogP contribution >= 0.6 is 0 Å². The van der Waals surface area contributed by atoms with Crippen LogP contribution in [0.3, 0.4) is 0 Å². The van der Waals surface area contributed by atoms with Gasteiger partial charge in [0.05, 0.1) is 5.92 Å². The molecule has 1 heterocycles. The SMILES string of the molecule is CN(C)c1ccc(CNC(=O)[C@@H]2CNC[C@H]2c2ccc(C(C)(C)C)cc2)cc1. The minimum Gasteiger partial charge on any atom is -0.378 e. The van der Waals surface area contributed by atoms with Crippen LogP contribution in [0.4, 0.5) is 5.69 Å². The largest absolute Gasteiger partial charge is 0.378 e. The topological polar surface area (TPSA) is 44.4 Å². The maximum Gasteiger partial charge on any atom is 0.225 e. The summed E-state index contributed by atoms with van der Waals surface area (Å²) in [4.78, 5) is 14.9. The van der Waals surface area contributed by atoms with Gasteiger partial charge in [-0.2, -0.15) is 0 Å². The van der Waals surface area contributed by atoms with Gasteiger partial charge in [0.2, 0.25) is 5.91 Å². The zero-order valence-electron chi connectivity index (χ0n) is 17.8. The molecule has 2 aromatic rings. The monoisotopic (exact) mass is 379 g/mol. The molecule has 0 radical (unpaired) electrons. The smallest absolute Gasteiger partial charge is 0.225 e. The number of carbonyl (C=O) groups excluding carboxylic acids is 1. The third kappa shape index (κ3) is 4.74. The van der Waals surface area contributed by atoms with Crippen molar-refractivity contribution < 1.29 is 4.79 Å². The minimum absolute atomic E-state index is 0.0264. The molecule has 0 aliphatic carbocycles. The van der Waals surface area contributed by atoms with Gasteiger partial charge in [0.1, 0.15) is 0 Å². The van der Waals surface area contributed by atoms with Crippen LogP contribution in [-0.4, -0.2) is 33.1 Å². The van der Waals surface area contributed by atoms with Gasteiger partial charge in [-0.1, -0.05) is 57.2 Å².